The van der Waals surface area contributed by atoms with Gasteiger partial charge in [-0.2, -0.15) is 13.2 Å². The third-order valence-electron chi connectivity index (χ3n) is 2.89. The molecule has 2 rings (SSSR count). The number of halogens is 5. The Labute approximate surface area is 152 Å². The Hall–Kier alpha value is -1.40. The number of benzene rings is 2. The molecule has 4 nitrogen and oxygen atoms in total. The molecule has 2 aromatic carbocycles. The smallest absolute Gasteiger partial charge is 0.409 e. The van der Waals surface area contributed by atoms with E-state index in [4.69, 9.17) is 27.7 Å². The molecule has 0 saturated carbocycles. The van der Waals surface area contributed by atoms with Gasteiger partial charge in [0.1, 0.15) is 5.75 Å². The maximum atomic E-state index is 12.8. The molecular weight excluding hydrogens is 401 g/mol. The van der Waals surface area contributed by atoms with Crippen LogP contribution >= 0.6 is 30.9 Å². The Kier molecular flexibility index (Phi) is 6.27. The zero-order valence-electron chi connectivity index (χ0n) is 12.8. The molecule has 0 saturated heterocycles. The van der Waals surface area contributed by atoms with Crippen LogP contribution < -0.4 is 9.61 Å². The van der Waals surface area contributed by atoms with Crippen molar-refractivity contribution < 1.29 is 26.8 Å². The summed E-state index contributed by atoms with van der Waals surface area (Å²) in [5, 5.41) is 3.09. The fraction of sp³-hybridized carbons (Fsp3) is 0.200. The zero-order chi connectivity index (χ0) is 18.7. The molecule has 10 heteroatoms. The molecule has 0 aliphatic carbocycles. The molecule has 25 heavy (non-hydrogen) atoms. The second-order valence-electron chi connectivity index (χ2n) is 5.00. The van der Waals surface area contributed by atoms with Crippen LogP contribution in [0.1, 0.15) is 5.56 Å². The molecule has 1 atom stereocenters. The fourth-order valence-corrected chi connectivity index (χ4v) is 3.45. The number of alkyl halides is 3. The minimum Gasteiger partial charge on any atom is -0.409 e. The van der Waals surface area contributed by atoms with Crippen molar-refractivity contribution in [2.24, 2.45) is 0 Å². The lowest BCUT2D eigenvalue weighted by Crippen LogP contribution is -2.19. The van der Waals surface area contributed by atoms with Crippen LogP contribution in [-0.2, 0) is 9.09 Å². The van der Waals surface area contributed by atoms with Gasteiger partial charge in [0.15, 0.2) is 6.61 Å². The lowest BCUT2D eigenvalue weighted by molar-refractivity contribution is -0.154. The van der Waals surface area contributed by atoms with Crippen molar-refractivity contribution in [3.8, 4) is 5.75 Å². The average molecular weight is 414 g/mol. The number of anilines is 1. The SMILES string of the molecule is Cc1ccc(Cl)cc1N[P@](=O)(OCC(F)(F)F)Oc1ccc(Cl)cc1. The highest BCUT2D eigenvalue weighted by atomic mass is 35.5. The standard InChI is InChI=1S/C15H13Cl2F3NO3P/c1-10-2-3-12(17)8-14(10)21-25(22,23-9-15(18,19)20)24-13-6-4-11(16)5-7-13/h2-8H,9H2,1H3,(H,21,22)/t25-/m0/s1. The zero-order valence-corrected chi connectivity index (χ0v) is 15.2. The van der Waals surface area contributed by atoms with Gasteiger partial charge < -0.3 is 4.52 Å². The van der Waals surface area contributed by atoms with Gasteiger partial charge in [-0.05, 0) is 48.9 Å². The summed E-state index contributed by atoms with van der Waals surface area (Å²) in [6.45, 7) is -0.0838. The molecule has 0 bridgehead atoms. The highest BCUT2D eigenvalue weighted by Gasteiger charge is 2.36. The van der Waals surface area contributed by atoms with Crippen LogP contribution in [0.3, 0.4) is 0 Å². The van der Waals surface area contributed by atoms with Crippen LogP contribution in [0.2, 0.25) is 10.0 Å². The van der Waals surface area contributed by atoms with Crippen molar-refractivity contribution in [1.82, 2.24) is 0 Å². The first-order chi connectivity index (χ1) is 11.6. The van der Waals surface area contributed by atoms with Crippen molar-refractivity contribution in [1.29, 1.82) is 0 Å². The van der Waals surface area contributed by atoms with E-state index in [0.717, 1.165) is 0 Å². The van der Waals surface area contributed by atoms with Crippen LogP contribution in [-0.4, -0.2) is 12.8 Å². The fourth-order valence-electron chi connectivity index (χ4n) is 1.74. The van der Waals surface area contributed by atoms with Gasteiger partial charge in [-0.3, -0.25) is 9.61 Å². The molecule has 2 aromatic rings. The Balaban J connectivity index is 2.29. The topological polar surface area (TPSA) is 47.6 Å². The van der Waals surface area contributed by atoms with Crippen LogP contribution in [0.25, 0.3) is 0 Å². The van der Waals surface area contributed by atoms with Gasteiger partial charge in [0, 0.05) is 15.7 Å². The molecule has 0 aliphatic rings. The van der Waals surface area contributed by atoms with E-state index in [1.807, 2.05) is 0 Å². The Morgan fingerprint density at radius 3 is 2.28 bits per heavy atom. The summed E-state index contributed by atoms with van der Waals surface area (Å²) in [7, 11) is -4.39. The quantitative estimate of drug-likeness (QED) is 0.550. The van der Waals surface area contributed by atoms with E-state index in [1.165, 1.54) is 30.3 Å². The molecule has 0 aliphatic heterocycles. The molecule has 0 radical (unpaired) electrons. The summed E-state index contributed by atoms with van der Waals surface area (Å²) in [5.74, 6) is 0.0297. The number of hydrogen-bond acceptors (Lipinski definition) is 3. The molecule has 0 amide bonds. The Morgan fingerprint density at radius 2 is 1.68 bits per heavy atom. The summed E-state index contributed by atoms with van der Waals surface area (Å²) < 4.78 is 60.0. The molecule has 0 heterocycles. The van der Waals surface area contributed by atoms with E-state index >= 15 is 0 Å². The minimum absolute atomic E-state index is 0.0297. The number of rotatable bonds is 6. The first-order valence-electron chi connectivity index (χ1n) is 6.87. The summed E-state index contributed by atoms with van der Waals surface area (Å²) >= 11 is 11.6. The van der Waals surface area contributed by atoms with Crippen molar-refractivity contribution in [3.63, 3.8) is 0 Å². The normalized spacial score (nSPS) is 14.0. The summed E-state index contributed by atoms with van der Waals surface area (Å²) in [6, 6.07) is 10.2. The number of nitrogens with one attached hydrogen (secondary N) is 1. The van der Waals surface area contributed by atoms with Gasteiger partial charge in [0.05, 0.1) is 0 Å². The van der Waals surface area contributed by atoms with E-state index in [0.29, 0.717) is 15.6 Å². The van der Waals surface area contributed by atoms with Crippen molar-refractivity contribution in [2.75, 3.05) is 11.7 Å². The number of aryl methyl sites for hydroxylation is 1. The second kappa shape index (κ2) is 7.87. The van der Waals surface area contributed by atoms with Crippen LogP contribution in [0, 0.1) is 6.92 Å². The summed E-state index contributed by atoms with van der Waals surface area (Å²) in [4.78, 5) is 0. The monoisotopic (exact) mass is 413 g/mol. The van der Waals surface area contributed by atoms with E-state index in [2.05, 4.69) is 9.61 Å². The third kappa shape index (κ3) is 6.44. The lowest BCUT2D eigenvalue weighted by atomic mass is 10.2. The highest BCUT2D eigenvalue weighted by Crippen LogP contribution is 2.50. The lowest BCUT2D eigenvalue weighted by Gasteiger charge is -2.22. The van der Waals surface area contributed by atoms with Crippen LogP contribution in [0.4, 0.5) is 18.9 Å². The van der Waals surface area contributed by atoms with Crippen molar-refractivity contribution in [2.45, 2.75) is 13.1 Å². The number of hydrogen-bond donors (Lipinski definition) is 1. The minimum atomic E-state index is -4.68. The third-order valence-corrected chi connectivity index (χ3v) is 4.82. The van der Waals surface area contributed by atoms with E-state index in [9.17, 15) is 17.7 Å². The molecule has 136 valence electrons. The van der Waals surface area contributed by atoms with Crippen molar-refractivity contribution in [3.05, 3.63) is 58.1 Å². The Morgan fingerprint density at radius 1 is 1.08 bits per heavy atom. The van der Waals surface area contributed by atoms with E-state index in [-0.39, 0.29) is 11.4 Å². The first-order valence-corrected chi connectivity index (χ1v) is 9.17. The predicted molar refractivity (Wildman–Crippen MR) is 91.5 cm³/mol. The van der Waals surface area contributed by atoms with Gasteiger partial charge in [-0.15, -0.1) is 0 Å². The van der Waals surface area contributed by atoms with E-state index < -0.39 is 20.5 Å². The maximum Gasteiger partial charge on any atom is 0.486 e. The van der Waals surface area contributed by atoms with Crippen LogP contribution in [0.5, 0.6) is 5.75 Å². The molecular formula is C15H13Cl2F3NO3P. The summed E-state index contributed by atoms with van der Waals surface area (Å²) in [6.07, 6.45) is -4.68. The maximum absolute atomic E-state index is 12.8. The largest absolute Gasteiger partial charge is 0.486 e. The van der Waals surface area contributed by atoms with Gasteiger partial charge in [-0.25, -0.2) is 4.57 Å². The van der Waals surface area contributed by atoms with Gasteiger partial charge in [0.2, 0.25) is 0 Å². The van der Waals surface area contributed by atoms with Gasteiger partial charge >= 0.3 is 13.9 Å². The molecule has 0 fully saturated rings. The average Bonchev–Trinajstić information content (AvgIpc) is 2.51. The Bertz CT molecular complexity index is 785. The molecule has 0 unspecified atom stereocenters. The molecule has 0 spiro atoms. The first kappa shape index (κ1) is 19.9. The second-order valence-corrected chi connectivity index (χ2v) is 7.53. The van der Waals surface area contributed by atoms with Gasteiger partial charge in [0.25, 0.3) is 0 Å². The highest BCUT2D eigenvalue weighted by molar-refractivity contribution is 7.55. The molecule has 0 aromatic heterocycles. The van der Waals surface area contributed by atoms with Gasteiger partial charge in [-0.1, -0.05) is 29.3 Å². The molecule has 1 N–H and O–H groups in total. The van der Waals surface area contributed by atoms with Crippen molar-refractivity contribution >= 4 is 36.6 Å². The summed E-state index contributed by atoms with van der Waals surface area (Å²) in [5.41, 5.74) is 0.826. The van der Waals surface area contributed by atoms with Crippen LogP contribution in [0.15, 0.2) is 42.5 Å². The van der Waals surface area contributed by atoms with E-state index in [1.54, 1.807) is 19.1 Å². The predicted octanol–water partition coefficient (Wildman–Crippen LogP) is 6.48.